The van der Waals surface area contributed by atoms with Crippen molar-refractivity contribution in [3.8, 4) is 28.0 Å². The number of hydrogen-bond acceptors (Lipinski definition) is 4. The minimum Gasteiger partial charge on any atom is -0.491 e. The fourth-order valence-electron chi connectivity index (χ4n) is 4.04. The standard InChI is InChI=1S/C32H30O4/c1-4-23-5-7-24(8-6-23)25-9-10-27-20-28(12-11-26(27)19-25)29-13-14-31(35-18-16-33)30(21-29)15-17-36-32(34)22(2)3/h4-14,19-21,33H,1-2,15-18H2,3H3. The molecule has 4 aromatic rings. The average Bonchev–Trinajstić information content (AvgIpc) is 2.91. The molecule has 0 heterocycles. The van der Waals surface area contributed by atoms with Gasteiger partial charge in [0.15, 0.2) is 0 Å². The first-order chi connectivity index (χ1) is 17.5. The molecular weight excluding hydrogens is 448 g/mol. The molecule has 0 saturated heterocycles. The maximum Gasteiger partial charge on any atom is 0.333 e. The van der Waals surface area contributed by atoms with Crippen molar-refractivity contribution in [2.24, 2.45) is 0 Å². The smallest absolute Gasteiger partial charge is 0.333 e. The highest BCUT2D eigenvalue weighted by Gasteiger charge is 2.10. The Hall–Kier alpha value is -4.15. The molecule has 0 saturated carbocycles. The fraction of sp³-hybridized carbons (Fsp3) is 0.156. The van der Waals surface area contributed by atoms with Gasteiger partial charge in [0.05, 0.1) is 13.2 Å². The van der Waals surface area contributed by atoms with E-state index in [0.717, 1.165) is 27.6 Å². The van der Waals surface area contributed by atoms with Crippen molar-refractivity contribution in [3.63, 3.8) is 0 Å². The van der Waals surface area contributed by atoms with Gasteiger partial charge in [-0.25, -0.2) is 4.79 Å². The van der Waals surface area contributed by atoms with E-state index in [-0.39, 0.29) is 19.8 Å². The minimum atomic E-state index is -0.408. The van der Waals surface area contributed by atoms with Gasteiger partial charge in [-0.05, 0) is 75.3 Å². The lowest BCUT2D eigenvalue weighted by molar-refractivity contribution is -0.138. The van der Waals surface area contributed by atoms with Crippen molar-refractivity contribution in [2.45, 2.75) is 13.3 Å². The highest BCUT2D eigenvalue weighted by molar-refractivity contribution is 5.91. The quantitative estimate of drug-likeness (QED) is 0.200. The molecule has 4 heteroatoms. The summed E-state index contributed by atoms with van der Waals surface area (Å²) in [7, 11) is 0. The van der Waals surface area contributed by atoms with Crippen molar-refractivity contribution in [1.29, 1.82) is 0 Å². The molecule has 0 aliphatic heterocycles. The second-order valence-electron chi connectivity index (χ2n) is 8.66. The molecule has 0 amide bonds. The first kappa shape index (κ1) is 25.0. The molecule has 4 aromatic carbocycles. The highest BCUT2D eigenvalue weighted by atomic mass is 16.5. The number of ether oxygens (including phenoxy) is 2. The van der Waals surface area contributed by atoms with Crippen molar-refractivity contribution in [1.82, 2.24) is 0 Å². The Labute approximate surface area is 212 Å². The van der Waals surface area contributed by atoms with Crippen molar-refractivity contribution in [3.05, 3.63) is 109 Å². The van der Waals surface area contributed by atoms with Gasteiger partial charge in [-0.15, -0.1) is 0 Å². The Kier molecular flexibility index (Phi) is 7.99. The van der Waals surface area contributed by atoms with Gasteiger partial charge >= 0.3 is 5.97 Å². The van der Waals surface area contributed by atoms with Crippen LogP contribution in [0.4, 0.5) is 0 Å². The summed E-state index contributed by atoms with van der Waals surface area (Å²) in [6.07, 6.45) is 2.34. The summed E-state index contributed by atoms with van der Waals surface area (Å²) in [5.41, 5.74) is 6.84. The van der Waals surface area contributed by atoms with E-state index in [2.05, 4.69) is 79.9 Å². The first-order valence-electron chi connectivity index (χ1n) is 11.9. The van der Waals surface area contributed by atoms with E-state index < -0.39 is 5.97 Å². The number of rotatable bonds is 10. The van der Waals surface area contributed by atoms with E-state index in [0.29, 0.717) is 17.7 Å². The summed E-state index contributed by atoms with van der Waals surface area (Å²) >= 11 is 0. The van der Waals surface area contributed by atoms with E-state index >= 15 is 0 Å². The predicted molar refractivity (Wildman–Crippen MR) is 147 cm³/mol. The van der Waals surface area contributed by atoms with Gasteiger partial charge in [0, 0.05) is 12.0 Å². The lowest BCUT2D eigenvalue weighted by Gasteiger charge is -2.14. The topological polar surface area (TPSA) is 55.8 Å². The fourth-order valence-corrected chi connectivity index (χ4v) is 4.04. The number of benzene rings is 4. The number of fused-ring (bicyclic) bond motifs is 1. The number of hydrogen-bond donors (Lipinski definition) is 1. The molecule has 0 aliphatic rings. The molecular formula is C32H30O4. The van der Waals surface area contributed by atoms with E-state index in [1.54, 1.807) is 6.92 Å². The van der Waals surface area contributed by atoms with Gasteiger partial charge in [0.1, 0.15) is 12.4 Å². The molecule has 4 nitrogen and oxygen atoms in total. The SMILES string of the molecule is C=Cc1ccc(-c2ccc3cc(-c4ccc(OCCO)c(CCOC(=O)C(=C)C)c4)ccc3c2)cc1. The van der Waals surface area contributed by atoms with Gasteiger partial charge < -0.3 is 14.6 Å². The summed E-state index contributed by atoms with van der Waals surface area (Å²) in [6.45, 7) is 9.41. The van der Waals surface area contributed by atoms with E-state index in [9.17, 15) is 4.79 Å². The summed E-state index contributed by atoms with van der Waals surface area (Å²) in [6, 6.07) is 27.2. The number of esters is 1. The van der Waals surface area contributed by atoms with Gasteiger partial charge in [0.25, 0.3) is 0 Å². The van der Waals surface area contributed by atoms with Gasteiger partial charge in [-0.3, -0.25) is 0 Å². The maximum absolute atomic E-state index is 11.8. The van der Waals surface area contributed by atoms with Gasteiger partial charge in [-0.2, -0.15) is 0 Å². The Morgan fingerprint density at radius 1 is 0.833 bits per heavy atom. The van der Waals surface area contributed by atoms with Crippen LogP contribution in [0, 0.1) is 0 Å². The molecule has 4 rings (SSSR count). The second kappa shape index (κ2) is 11.5. The Balaban J connectivity index is 1.60. The number of carbonyl (C=O) groups excluding carboxylic acids is 1. The summed E-state index contributed by atoms with van der Waals surface area (Å²) in [5.74, 6) is 0.265. The largest absolute Gasteiger partial charge is 0.491 e. The minimum absolute atomic E-state index is 0.0725. The van der Waals surface area contributed by atoms with Crippen LogP contribution in [-0.2, 0) is 16.0 Å². The number of aliphatic hydroxyl groups excluding tert-OH is 1. The van der Waals surface area contributed by atoms with Crippen LogP contribution in [0.1, 0.15) is 18.1 Å². The van der Waals surface area contributed by atoms with E-state index in [1.807, 2.05) is 18.2 Å². The van der Waals surface area contributed by atoms with Gasteiger partial charge in [-0.1, -0.05) is 73.8 Å². The Morgan fingerprint density at radius 3 is 2.03 bits per heavy atom. The molecule has 1 N–H and O–H groups in total. The van der Waals surface area contributed by atoms with Crippen LogP contribution in [0.25, 0.3) is 39.1 Å². The number of aliphatic hydroxyl groups is 1. The van der Waals surface area contributed by atoms with Crippen LogP contribution in [0.15, 0.2) is 97.6 Å². The lowest BCUT2D eigenvalue weighted by atomic mass is 9.96. The zero-order valence-corrected chi connectivity index (χ0v) is 20.5. The molecule has 0 aliphatic carbocycles. The zero-order valence-electron chi connectivity index (χ0n) is 20.5. The monoisotopic (exact) mass is 478 g/mol. The molecule has 0 aromatic heterocycles. The van der Waals surface area contributed by atoms with Crippen LogP contribution < -0.4 is 4.74 Å². The summed E-state index contributed by atoms with van der Waals surface area (Å²) in [4.78, 5) is 11.8. The van der Waals surface area contributed by atoms with E-state index in [4.69, 9.17) is 14.6 Å². The maximum atomic E-state index is 11.8. The van der Waals surface area contributed by atoms with Crippen molar-refractivity contribution < 1.29 is 19.4 Å². The average molecular weight is 479 g/mol. The third kappa shape index (κ3) is 5.91. The van der Waals surface area contributed by atoms with Crippen molar-refractivity contribution in [2.75, 3.05) is 19.8 Å². The van der Waals surface area contributed by atoms with Crippen LogP contribution in [-0.4, -0.2) is 30.9 Å². The third-order valence-electron chi connectivity index (χ3n) is 6.02. The van der Waals surface area contributed by atoms with Crippen LogP contribution in [0.5, 0.6) is 5.75 Å². The molecule has 0 unspecified atom stereocenters. The Morgan fingerprint density at radius 2 is 1.42 bits per heavy atom. The molecule has 0 radical (unpaired) electrons. The van der Waals surface area contributed by atoms with Gasteiger partial charge in [0.2, 0.25) is 0 Å². The molecule has 0 spiro atoms. The van der Waals surface area contributed by atoms with Crippen LogP contribution >= 0.6 is 0 Å². The summed E-state index contributed by atoms with van der Waals surface area (Å²) in [5, 5.41) is 11.5. The molecule has 182 valence electrons. The predicted octanol–water partition coefficient (Wildman–Crippen LogP) is 6.85. The van der Waals surface area contributed by atoms with Crippen molar-refractivity contribution >= 4 is 22.8 Å². The Bertz CT molecular complexity index is 1400. The van der Waals surface area contributed by atoms with Crippen LogP contribution in [0.2, 0.25) is 0 Å². The molecule has 0 bridgehead atoms. The van der Waals surface area contributed by atoms with Crippen LogP contribution in [0.3, 0.4) is 0 Å². The second-order valence-corrected chi connectivity index (χ2v) is 8.66. The molecule has 0 atom stereocenters. The lowest BCUT2D eigenvalue weighted by Crippen LogP contribution is -2.10. The summed E-state index contributed by atoms with van der Waals surface area (Å²) < 4.78 is 11.0. The van der Waals surface area contributed by atoms with E-state index in [1.165, 1.54) is 16.5 Å². The number of carbonyl (C=O) groups is 1. The third-order valence-corrected chi connectivity index (χ3v) is 6.02. The first-order valence-corrected chi connectivity index (χ1v) is 11.9. The normalized spacial score (nSPS) is 10.7. The zero-order chi connectivity index (χ0) is 25.5. The molecule has 0 fully saturated rings. The highest BCUT2D eigenvalue weighted by Crippen LogP contribution is 2.31. The molecule has 36 heavy (non-hydrogen) atoms.